The first-order valence-electron chi connectivity index (χ1n) is 10.3. The molecule has 160 valence electrons. The number of ether oxygens (including phenoxy) is 3. The molecule has 2 rings (SSSR count). The summed E-state index contributed by atoms with van der Waals surface area (Å²) < 4.78 is 16.6. The molecular formula is C20H34N2O6. The summed E-state index contributed by atoms with van der Waals surface area (Å²) in [6.07, 6.45) is 4.36. The lowest BCUT2D eigenvalue weighted by atomic mass is 9.90. The SMILES string of the molecule is CC(C)C1C=C(C(=O)NCCCN2CCCC2=O)OC(OCCOCCO)C1. The first-order chi connectivity index (χ1) is 13.5. The Morgan fingerprint density at radius 3 is 2.89 bits per heavy atom. The van der Waals surface area contributed by atoms with Gasteiger partial charge in [0.25, 0.3) is 5.91 Å². The highest BCUT2D eigenvalue weighted by molar-refractivity contribution is 5.91. The fourth-order valence-electron chi connectivity index (χ4n) is 3.31. The van der Waals surface area contributed by atoms with Crippen LogP contribution in [0.5, 0.6) is 0 Å². The maximum absolute atomic E-state index is 12.5. The molecule has 2 N–H and O–H groups in total. The average Bonchev–Trinajstić information content (AvgIpc) is 3.09. The van der Waals surface area contributed by atoms with Gasteiger partial charge < -0.3 is 29.5 Å². The van der Waals surface area contributed by atoms with Crippen LogP contribution in [0.1, 0.15) is 39.5 Å². The van der Waals surface area contributed by atoms with Gasteiger partial charge in [-0.15, -0.1) is 0 Å². The van der Waals surface area contributed by atoms with Crippen molar-refractivity contribution in [2.45, 2.75) is 45.8 Å². The fraction of sp³-hybridized carbons (Fsp3) is 0.800. The van der Waals surface area contributed by atoms with Crippen molar-refractivity contribution in [2.75, 3.05) is 46.1 Å². The van der Waals surface area contributed by atoms with Gasteiger partial charge in [-0.2, -0.15) is 0 Å². The Hall–Kier alpha value is -1.64. The number of hydrogen-bond donors (Lipinski definition) is 2. The molecule has 2 unspecified atom stereocenters. The van der Waals surface area contributed by atoms with Crippen LogP contribution in [0.25, 0.3) is 0 Å². The van der Waals surface area contributed by atoms with Gasteiger partial charge in [0.15, 0.2) is 5.76 Å². The van der Waals surface area contributed by atoms with E-state index in [1.807, 2.05) is 11.0 Å². The molecular weight excluding hydrogens is 364 g/mol. The molecule has 1 saturated heterocycles. The fourth-order valence-corrected chi connectivity index (χ4v) is 3.31. The van der Waals surface area contributed by atoms with Crippen LogP contribution < -0.4 is 5.32 Å². The van der Waals surface area contributed by atoms with Crippen molar-refractivity contribution in [3.05, 3.63) is 11.8 Å². The van der Waals surface area contributed by atoms with Crippen molar-refractivity contribution in [1.29, 1.82) is 0 Å². The molecule has 2 aliphatic rings. The summed E-state index contributed by atoms with van der Waals surface area (Å²) in [4.78, 5) is 25.9. The quantitative estimate of drug-likeness (QED) is 0.477. The van der Waals surface area contributed by atoms with Crippen LogP contribution in [0.4, 0.5) is 0 Å². The lowest BCUT2D eigenvalue weighted by Crippen LogP contribution is -2.36. The molecule has 2 aliphatic heterocycles. The molecule has 8 heteroatoms. The van der Waals surface area contributed by atoms with Gasteiger partial charge in [-0.05, 0) is 30.8 Å². The number of rotatable bonds is 12. The average molecular weight is 399 g/mol. The summed E-state index contributed by atoms with van der Waals surface area (Å²) in [7, 11) is 0. The maximum Gasteiger partial charge on any atom is 0.286 e. The predicted octanol–water partition coefficient (Wildman–Crippen LogP) is 1.04. The largest absolute Gasteiger partial charge is 0.459 e. The number of carbonyl (C=O) groups is 2. The number of aliphatic hydroxyl groups is 1. The second-order valence-corrected chi connectivity index (χ2v) is 7.52. The van der Waals surface area contributed by atoms with E-state index in [4.69, 9.17) is 19.3 Å². The van der Waals surface area contributed by atoms with E-state index in [-0.39, 0.29) is 30.9 Å². The Kier molecular flexibility index (Phi) is 9.73. The monoisotopic (exact) mass is 398 g/mol. The van der Waals surface area contributed by atoms with Crippen molar-refractivity contribution in [3.8, 4) is 0 Å². The first-order valence-corrected chi connectivity index (χ1v) is 10.3. The molecule has 1 fully saturated rings. The van der Waals surface area contributed by atoms with Crippen molar-refractivity contribution in [3.63, 3.8) is 0 Å². The van der Waals surface area contributed by atoms with Crippen molar-refractivity contribution in [2.24, 2.45) is 11.8 Å². The van der Waals surface area contributed by atoms with Gasteiger partial charge in [-0.25, -0.2) is 0 Å². The number of hydrogen-bond acceptors (Lipinski definition) is 6. The second kappa shape index (κ2) is 12.0. The summed E-state index contributed by atoms with van der Waals surface area (Å²) in [6, 6.07) is 0. The second-order valence-electron chi connectivity index (χ2n) is 7.52. The molecule has 0 spiro atoms. The van der Waals surface area contributed by atoms with E-state index >= 15 is 0 Å². The van der Waals surface area contributed by atoms with Crippen LogP contribution in [0.3, 0.4) is 0 Å². The Morgan fingerprint density at radius 2 is 2.21 bits per heavy atom. The zero-order valence-corrected chi connectivity index (χ0v) is 17.0. The molecule has 0 aromatic rings. The van der Waals surface area contributed by atoms with Crippen LogP contribution in [-0.2, 0) is 23.8 Å². The first kappa shape index (κ1) is 22.6. The topological polar surface area (TPSA) is 97.3 Å². The van der Waals surface area contributed by atoms with Crippen molar-refractivity contribution >= 4 is 11.8 Å². The van der Waals surface area contributed by atoms with Crippen LogP contribution in [-0.4, -0.2) is 74.2 Å². The standard InChI is InChI=1S/C20H34N2O6/c1-15(2)16-13-17(28-19(14-16)27-12-11-26-10-9-23)20(25)21-6-4-8-22-7-3-5-18(22)24/h13,15-16,19,23H,3-12,14H2,1-2H3,(H,21,25). The molecule has 0 saturated carbocycles. The Morgan fingerprint density at radius 1 is 1.39 bits per heavy atom. The smallest absolute Gasteiger partial charge is 0.286 e. The van der Waals surface area contributed by atoms with E-state index in [2.05, 4.69) is 19.2 Å². The van der Waals surface area contributed by atoms with Crippen molar-refractivity contribution < 1.29 is 28.9 Å². The van der Waals surface area contributed by atoms with Crippen LogP contribution in [0.2, 0.25) is 0 Å². The van der Waals surface area contributed by atoms with Crippen molar-refractivity contribution in [1.82, 2.24) is 10.2 Å². The lowest BCUT2D eigenvalue weighted by molar-refractivity contribution is -0.155. The number of nitrogens with zero attached hydrogens (tertiary/aromatic N) is 1. The number of allylic oxidation sites excluding steroid dienone is 1. The molecule has 28 heavy (non-hydrogen) atoms. The highest BCUT2D eigenvalue weighted by Gasteiger charge is 2.29. The van der Waals surface area contributed by atoms with E-state index in [9.17, 15) is 9.59 Å². The molecule has 0 bridgehead atoms. The highest BCUT2D eigenvalue weighted by Crippen LogP contribution is 2.28. The predicted molar refractivity (Wildman–Crippen MR) is 103 cm³/mol. The van der Waals surface area contributed by atoms with Gasteiger partial charge in [0, 0.05) is 32.5 Å². The molecule has 0 radical (unpaired) electrons. The number of carbonyl (C=O) groups excluding carboxylic acids is 2. The van der Waals surface area contributed by atoms with E-state index in [0.29, 0.717) is 50.8 Å². The molecule has 2 heterocycles. The minimum Gasteiger partial charge on any atom is -0.459 e. The Bertz CT molecular complexity index is 537. The van der Waals surface area contributed by atoms with Gasteiger partial charge in [-0.3, -0.25) is 9.59 Å². The van der Waals surface area contributed by atoms with E-state index in [1.165, 1.54) is 0 Å². The zero-order valence-electron chi connectivity index (χ0n) is 17.0. The van der Waals surface area contributed by atoms with Crippen LogP contribution in [0, 0.1) is 11.8 Å². The van der Waals surface area contributed by atoms with Gasteiger partial charge in [0.05, 0.1) is 26.4 Å². The maximum atomic E-state index is 12.5. The minimum atomic E-state index is -0.488. The Labute approximate surface area is 167 Å². The third kappa shape index (κ3) is 7.41. The lowest BCUT2D eigenvalue weighted by Gasteiger charge is -2.30. The van der Waals surface area contributed by atoms with Crippen LogP contribution >= 0.6 is 0 Å². The summed E-state index contributed by atoms with van der Waals surface area (Å²) in [5.74, 6) is 0.809. The van der Waals surface area contributed by atoms with E-state index in [1.54, 1.807) is 0 Å². The summed E-state index contributed by atoms with van der Waals surface area (Å²) in [5, 5.41) is 11.6. The normalized spacial score (nSPS) is 22.4. The number of aliphatic hydroxyl groups excluding tert-OH is 1. The van der Waals surface area contributed by atoms with E-state index in [0.717, 1.165) is 19.4 Å². The van der Waals surface area contributed by atoms with Gasteiger partial charge in [-0.1, -0.05) is 13.8 Å². The molecule has 8 nitrogen and oxygen atoms in total. The zero-order chi connectivity index (χ0) is 20.4. The number of amides is 2. The summed E-state index contributed by atoms with van der Waals surface area (Å²) >= 11 is 0. The minimum absolute atomic E-state index is 0.0195. The third-order valence-electron chi connectivity index (χ3n) is 5.00. The summed E-state index contributed by atoms with van der Waals surface area (Å²) in [6.45, 7) is 7.17. The van der Waals surface area contributed by atoms with E-state index < -0.39 is 6.29 Å². The molecule has 0 aliphatic carbocycles. The Balaban J connectivity index is 1.76. The van der Waals surface area contributed by atoms with Gasteiger partial charge in [0.2, 0.25) is 12.2 Å². The van der Waals surface area contributed by atoms with Gasteiger partial charge >= 0.3 is 0 Å². The summed E-state index contributed by atoms with van der Waals surface area (Å²) in [5.41, 5.74) is 0. The molecule has 0 aromatic heterocycles. The third-order valence-corrected chi connectivity index (χ3v) is 5.00. The number of nitrogens with one attached hydrogen (secondary N) is 1. The highest BCUT2D eigenvalue weighted by atomic mass is 16.7. The van der Waals surface area contributed by atoms with Gasteiger partial charge in [0.1, 0.15) is 0 Å². The molecule has 0 aromatic carbocycles. The van der Waals surface area contributed by atoms with Crippen LogP contribution in [0.15, 0.2) is 11.8 Å². The number of likely N-dealkylation sites (tertiary alicyclic amines) is 1. The molecule has 2 atom stereocenters. The molecule has 2 amide bonds.